The van der Waals surface area contributed by atoms with E-state index >= 15 is 0 Å². The molecule has 0 aromatic rings. The van der Waals surface area contributed by atoms with Crippen molar-refractivity contribution in [3.8, 4) is 0 Å². The summed E-state index contributed by atoms with van der Waals surface area (Å²) in [6.45, 7) is 0.653. The minimum atomic E-state index is -1.29. The molecule has 3 aliphatic rings. The monoisotopic (exact) mass is 948 g/mol. The minimum Gasteiger partial charge on any atom is -1.00 e. The summed E-state index contributed by atoms with van der Waals surface area (Å²) in [7, 11) is 0. The van der Waals surface area contributed by atoms with Crippen LogP contribution in [-0.2, 0) is 86.0 Å². The number of carboxylic acid groups (broad SMARTS) is 6. The second kappa shape index (κ2) is 41.1. The molecule has 0 aromatic heterocycles. The van der Waals surface area contributed by atoms with Crippen LogP contribution in [0.15, 0.2) is 0 Å². The fourth-order valence-corrected chi connectivity index (χ4v) is 3.01. The van der Waals surface area contributed by atoms with Crippen LogP contribution < -0.4 is 123 Å². The quantitative estimate of drug-likeness (QED) is 0.0580. The molecule has 0 amide bonds. The first-order valence-corrected chi connectivity index (χ1v) is 16.6. The molecule has 348 valence electrons. The van der Waals surface area contributed by atoms with E-state index in [1.165, 1.54) is 0 Å². The van der Waals surface area contributed by atoms with Crippen LogP contribution in [0.3, 0.4) is 0 Å². The van der Waals surface area contributed by atoms with Crippen molar-refractivity contribution in [2.75, 3.05) is 39.6 Å². The maximum atomic E-state index is 10.8. The summed E-state index contributed by atoms with van der Waals surface area (Å²) in [5, 5.41) is 48.1. The first-order chi connectivity index (χ1) is 27.7. The van der Waals surface area contributed by atoms with Gasteiger partial charge in [0, 0.05) is 0 Å². The van der Waals surface area contributed by atoms with E-state index in [1.807, 2.05) is 0 Å². The van der Waals surface area contributed by atoms with Crippen molar-refractivity contribution in [2.24, 2.45) is 34.4 Å². The van der Waals surface area contributed by atoms with Crippen LogP contribution >= 0.6 is 0 Å². The number of cyclic esters (lactones) is 6. The summed E-state index contributed by atoms with van der Waals surface area (Å²) in [5.41, 5.74) is 30.3. The predicted molar refractivity (Wildman–Crippen MR) is 190 cm³/mol. The number of hydrogen-bond donors (Lipinski definition) is 12. The Morgan fingerprint density at radius 3 is 0.746 bits per heavy atom. The number of rotatable bonds is 9. The van der Waals surface area contributed by atoms with E-state index < -0.39 is 127 Å². The van der Waals surface area contributed by atoms with Crippen LogP contribution in [0.25, 0.3) is 0 Å². The summed E-state index contributed by atoms with van der Waals surface area (Å²) in [6, 6.07) is -6.49. The molecule has 33 heteroatoms. The zero-order chi connectivity index (χ0) is 47.1. The van der Waals surface area contributed by atoms with E-state index in [1.54, 1.807) is 0 Å². The Morgan fingerprint density at radius 1 is 0.429 bits per heavy atom. The molecule has 3 rings (SSSR count). The molecule has 3 aliphatic heterocycles. The van der Waals surface area contributed by atoms with Gasteiger partial charge in [0.05, 0.1) is 38.5 Å². The molecule has 6 unspecified atom stereocenters. The predicted octanol–water partition coefficient (Wildman–Crippen LogP) is -15.6. The van der Waals surface area contributed by atoms with Crippen LogP contribution in [0.5, 0.6) is 0 Å². The number of carbonyl (C=O) groups excluding carboxylic acids is 6. The van der Waals surface area contributed by atoms with E-state index in [-0.39, 0.29) is 152 Å². The van der Waals surface area contributed by atoms with Crippen molar-refractivity contribution < 1.29 is 210 Å². The van der Waals surface area contributed by atoms with E-state index in [0.29, 0.717) is 0 Å². The van der Waals surface area contributed by atoms with Gasteiger partial charge in [-0.15, -0.1) is 0 Å². The van der Waals surface area contributed by atoms with Crippen molar-refractivity contribution in [2.45, 2.75) is 74.8 Å². The first-order valence-electron chi connectivity index (χ1n) is 16.6. The van der Waals surface area contributed by atoms with Crippen LogP contribution in [-0.4, -0.2) is 178 Å². The molecule has 0 spiro atoms. The van der Waals surface area contributed by atoms with Crippen molar-refractivity contribution in [1.29, 1.82) is 0 Å². The number of ether oxygens (including phenoxy) is 6. The fourth-order valence-electron chi connectivity index (χ4n) is 3.01. The first kappa shape index (κ1) is 71.0. The van der Waals surface area contributed by atoms with Crippen LogP contribution in [0.2, 0.25) is 0 Å². The van der Waals surface area contributed by atoms with Crippen LogP contribution in [0.4, 0.5) is 0 Å². The smallest absolute Gasteiger partial charge is 1.00 e. The van der Waals surface area contributed by atoms with Crippen LogP contribution in [0.1, 0.15) is 42.8 Å². The summed E-state index contributed by atoms with van der Waals surface area (Å²) >= 11 is 0. The third-order valence-corrected chi connectivity index (χ3v) is 5.98. The molecule has 0 aromatic carbocycles. The summed E-state index contributed by atoms with van der Waals surface area (Å²) in [4.78, 5) is 123. The molecule has 63 heavy (non-hydrogen) atoms. The number of esters is 6. The Morgan fingerprint density at radius 2 is 0.603 bits per heavy atom. The van der Waals surface area contributed by atoms with Gasteiger partial charge >= 0.3 is 160 Å². The van der Waals surface area contributed by atoms with Gasteiger partial charge in [0.1, 0.15) is 75.9 Å². The van der Waals surface area contributed by atoms with E-state index in [4.69, 9.17) is 65.0 Å². The standard InChI is InChI=1S/3C6H9NO4.3C4H7NO4.3Na.3H/c3*7-4-3-5(8)10-1-2-11-6(4)9;3*5-2(4(8)9)1-3(6)7;;;;;;/h3*4H,1-3,7H2;3*2H,1,5H2,(H,6,7)(H,8,9);;;;;;/q;;;;;;3*+1;3*-1. The van der Waals surface area contributed by atoms with Gasteiger partial charge in [-0.3, -0.25) is 57.5 Å². The second-order valence-corrected chi connectivity index (χ2v) is 11.2. The average molecular weight is 949 g/mol. The molecule has 0 radical (unpaired) electrons. The van der Waals surface area contributed by atoms with Crippen LogP contribution in [0, 0.1) is 0 Å². The SMILES string of the molecule is NC(CC(=O)O)C(=O)O.NC(CC(=O)O)C(=O)O.NC(CC(=O)O)C(=O)O.NC1CC(=O)OCCOC1=O.NC1CC(=O)OCCOC1=O.NC1CC(=O)OCCOC1=O.[H-].[H-].[H-].[Na+].[Na+].[Na+]. The Balaban J connectivity index is -0.0000000831. The average Bonchev–Trinajstić information content (AvgIpc) is 3.12. The number of hydrogen-bond acceptors (Lipinski definition) is 24. The maximum Gasteiger partial charge on any atom is 1.00 e. The molecule has 0 bridgehead atoms. The minimum absolute atomic E-state index is 0. The number of carbonyl (C=O) groups is 12. The second-order valence-electron chi connectivity index (χ2n) is 11.2. The van der Waals surface area contributed by atoms with E-state index in [9.17, 15) is 57.5 Å². The number of carboxylic acids is 6. The van der Waals surface area contributed by atoms with Crippen molar-refractivity contribution in [3.05, 3.63) is 0 Å². The van der Waals surface area contributed by atoms with Gasteiger partial charge in [-0.2, -0.15) is 0 Å². The molecule has 6 atom stereocenters. The zero-order valence-electron chi connectivity index (χ0n) is 37.4. The van der Waals surface area contributed by atoms with Gasteiger partial charge in [0.15, 0.2) is 0 Å². The van der Waals surface area contributed by atoms with Gasteiger partial charge < -0.3 is 97.7 Å². The van der Waals surface area contributed by atoms with Gasteiger partial charge in [-0.1, -0.05) is 0 Å². The largest absolute Gasteiger partial charge is 1.00 e. The van der Waals surface area contributed by atoms with Crippen molar-refractivity contribution in [3.63, 3.8) is 0 Å². The topological polar surface area (TPSA) is 538 Å². The molecule has 18 N–H and O–H groups in total. The van der Waals surface area contributed by atoms with Gasteiger partial charge in [-0.05, 0) is 0 Å². The Bertz CT molecular complexity index is 1360. The molecule has 3 saturated heterocycles. The molecule has 0 aliphatic carbocycles. The molecule has 0 saturated carbocycles. The normalized spacial score (nSPS) is 19.2. The van der Waals surface area contributed by atoms with Gasteiger partial charge in [-0.25, -0.2) is 0 Å². The van der Waals surface area contributed by atoms with Crippen molar-refractivity contribution >= 4 is 71.6 Å². The summed E-state index contributed by atoms with van der Waals surface area (Å²) in [6.07, 6.45) is -1.89. The van der Waals surface area contributed by atoms with Gasteiger partial charge in [0.25, 0.3) is 0 Å². The number of nitrogens with two attached hydrogens (primary N) is 6. The third kappa shape index (κ3) is 43.4. The summed E-state index contributed by atoms with van der Waals surface area (Å²) < 4.78 is 27.6. The maximum absolute atomic E-state index is 10.8. The Hall–Kier alpha value is -3.60. The fraction of sp³-hybridized carbons (Fsp3) is 0.600. The van der Waals surface area contributed by atoms with Crippen molar-refractivity contribution in [1.82, 2.24) is 0 Å². The molecular formula is C30H51N6Na3O24. The van der Waals surface area contributed by atoms with E-state index in [0.717, 1.165) is 0 Å². The molecule has 3 fully saturated rings. The molecule has 30 nitrogen and oxygen atoms in total. The summed E-state index contributed by atoms with van der Waals surface area (Å²) in [5.74, 6) is -10.5. The Labute approximate surface area is 426 Å². The molecule has 3 heterocycles. The molecular weight excluding hydrogens is 897 g/mol. The van der Waals surface area contributed by atoms with Gasteiger partial charge in [0.2, 0.25) is 0 Å². The number of aliphatic carboxylic acids is 6. The van der Waals surface area contributed by atoms with E-state index in [2.05, 4.69) is 28.4 Å². The zero-order valence-corrected chi connectivity index (χ0v) is 40.4. The third-order valence-electron chi connectivity index (χ3n) is 5.98. The Kier molecular flexibility index (Phi) is 46.4.